The van der Waals surface area contributed by atoms with Crippen LogP contribution in [-0.4, -0.2) is 39.2 Å². The fourth-order valence-corrected chi connectivity index (χ4v) is 3.28. The highest BCUT2D eigenvalue weighted by molar-refractivity contribution is 7.89. The van der Waals surface area contributed by atoms with Crippen molar-refractivity contribution >= 4 is 15.9 Å². The van der Waals surface area contributed by atoms with E-state index in [0.29, 0.717) is 18.7 Å². The zero-order valence-corrected chi connectivity index (χ0v) is 15.4. The summed E-state index contributed by atoms with van der Waals surface area (Å²) < 4.78 is 33.4. The summed E-state index contributed by atoms with van der Waals surface area (Å²) in [6, 6.07) is 9.76. The van der Waals surface area contributed by atoms with E-state index in [1.165, 1.54) is 31.4 Å². The number of ether oxygens (including phenoxy) is 1. The minimum absolute atomic E-state index is 0.109. The molecule has 0 saturated heterocycles. The number of amides is 1. The molecule has 25 heavy (non-hydrogen) atoms. The van der Waals surface area contributed by atoms with Gasteiger partial charge >= 0.3 is 0 Å². The second-order valence-electron chi connectivity index (χ2n) is 5.62. The maximum absolute atomic E-state index is 12.2. The fraction of sp³-hybridized carbons (Fsp3) is 0.353. The molecule has 0 bridgehead atoms. The molecule has 2 aromatic rings. The van der Waals surface area contributed by atoms with E-state index in [0.717, 1.165) is 11.4 Å². The number of hydrogen-bond donors (Lipinski definition) is 2. The molecule has 0 spiro atoms. The molecule has 0 saturated carbocycles. The first-order valence-corrected chi connectivity index (χ1v) is 9.31. The van der Waals surface area contributed by atoms with Gasteiger partial charge in [0.2, 0.25) is 10.0 Å². The normalized spacial score (nSPS) is 11.5. The maximum atomic E-state index is 12.2. The van der Waals surface area contributed by atoms with Crippen molar-refractivity contribution in [1.82, 2.24) is 14.6 Å². The zero-order chi connectivity index (χ0) is 18.4. The van der Waals surface area contributed by atoms with Crippen molar-refractivity contribution in [3.05, 3.63) is 53.3 Å². The van der Waals surface area contributed by atoms with E-state index in [-0.39, 0.29) is 17.3 Å². The standard InChI is InChI=1S/C17H23N3O4S/c1-13-4-7-15(20(13)2)12-18-17(21)14-5-8-16(9-6-14)25(22,23)19-10-11-24-3/h4-9,19H,10-12H2,1-3H3,(H,18,21). The van der Waals surface area contributed by atoms with E-state index in [1.807, 2.05) is 30.7 Å². The molecule has 7 nitrogen and oxygen atoms in total. The molecular weight excluding hydrogens is 342 g/mol. The number of hydrogen-bond acceptors (Lipinski definition) is 4. The first kappa shape index (κ1) is 19.2. The smallest absolute Gasteiger partial charge is 0.251 e. The second kappa shape index (κ2) is 8.28. The van der Waals surface area contributed by atoms with Gasteiger partial charge in [0, 0.05) is 37.7 Å². The third-order valence-corrected chi connectivity index (χ3v) is 5.41. The van der Waals surface area contributed by atoms with Crippen LogP contribution in [0.3, 0.4) is 0 Å². The Bertz CT molecular complexity index is 826. The third kappa shape index (κ3) is 4.91. The Morgan fingerprint density at radius 1 is 1.16 bits per heavy atom. The van der Waals surface area contributed by atoms with Gasteiger partial charge in [0.25, 0.3) is 5.91 Å². The van der Waals surface area contributed by atoms with Gasteiger partial charge in [-0.2, -0.15) is 0 Å². The predicted octanol–water partition coefficient (Wildman–Crippen LogP) is 1.19. The highest BCUT2D eigenvalue weighted by Gasteiger charge is 2.14. The van der Waals surface area contributed by atoms with Crippen molar-refractivity contribution < 1.29 is 17.9 Å². The van der Waals surface area contributed by atoms with Crippen LogP contribution in [0, 0.1) is 6.92 Å². The number of nitrogens with one attached hydrogen (secondary N) is 2. The first-order chi connectivity index (χ1) is 11.8. The number of carbonyl (C=O) groups is 1. The van der Waals surface area contributed by atoms with Gasteiger partial charge in [-0.05, 0) is 43.3 Å². The summed E-state index contributed by atoms with van der Waals surface area (Å²) in [6.07, 6.45) is 0. The van der Waals surface area contributed by atoms with Crippen molar-refractivity contribution in [1.29, 1.82) is 0 Å². The van der Waals surface area contributed by atoms with Gasteiger partial charge in [0.15, 0.2) is 0 Å². The van der Waals surface area contributed by atoms with Gasteiger partial charge in [-0.3, -0.25) is 4.79 Å². The second-order valence-corrected chi connectivity index (χ2v) is 7.39. The molecule has 0 unspecified atom stereocenters. The SMILES string of the molecule is COCCNS(=O)(=O)c1ccc(C(=O)NCc2ccc(C)n2C)cc1. The molecule has 2 N–H and O–H groups in total. The fourth-order valence-electron chi connectivity index (χ4n) is 2.26. The molecule has 1 amide bonds. The Kier molecular flexibility index (Phi) is 6.35. The molecular formula is C17H23N3O4S. The van der Waals surface area contributed by atoms with Crippen LogP contribution >= 0.6 is 0 Å². The van der Waals surface area contributed by atoms with E-state index in [2.05, 4.69) is 10.0 Å². The van der Waals surface area contributed by atoms with Crippen molar-refractivity contribution in [2.24, 2.45) is 7.05 Å². The highest BCUT2D eigenvalue weighted by atomic mass is 32.2. The number of benzene rings is 1. The maximum Gasteiger partial charge on any atom is 0.251 e. The van der Waals surface area contributed by atoms with Crippen LogP contribution in [0.15, 0.2) is 41.3 Å². The zero-order valence-electron chi connectivity index (χ0n) is 14.6. The van der Waals surface area contributed by atoms with Crippen LogP contribution in [-0.2, 0) is 28.4 Å². The molecule has 2 rings (SSSR count). The predicted molar refractivity (Wildman–Crippen MR) is 94.8 cm³/mol. The summed E-state index contributed by atoms with van der Waals surface area (Å²) in [4.78, 5) is 12.3. The van der Waals surface area contributed by atoms with Gasteiger partial charge in [-0.25, -0.2) is 13.1 Å². The highest BCUT2D eigenvalue weighted by Crippen LogP contribution is 2.11. The van der Waals surface area contributed by atoms with Crippen molar-refractivity contribution in [2.75, 3.05) is 20.3 Å². The summed E-state index contributed by atoms with van der Waals surface area (Å²) in [7, 11) is -0.162. The number of methoxy groups -OCH3 is 1. The molecule has 0 aliphatic rings. The van der Waals surface area contributed by atoms with Gasteiger partial charge in [-0.1, -0.05) is 0 Å². The number of rotatable bonds is 8. The summed E-state index contributed by atoms with van der Waals surface area (Å²) in [5.41, 5.74) is 2.51. The summed E-state index contributed by atoms with van der Waals surface area (Å²) in [6.45, 7) is 2.88. The average Bonchev–Trinajstić information content (AvgIpc) is 2.92. The van der Waals surface area contributed by atoms with Gasteiger partial charge in [-0.15, -0.1) is 0 Å². The van der Waals surface area contributed by atoms with Crippen LogP contribution in [0.5, 0.6) is 0 Å². The Labute approximate surface area is 148 Å². The average molecular weight is 365 g/mol. The molecule has 8 heteroatoms. The number of sulfonamides is 1. The Morgan fingerprint density at radius 2 is 1.84 bits per heavy atom. The quantitative estimate of drug-likeness (QED) is 0.688. The van der Waals surface area contributed by atoms with Gasteiger partial charge in [0.05, 0.1) is 18.0 Å². The Hall–Kier alpha value is -2.16. The lowest BCUT2D eigenvalue weighted by molar-refractivity contribution is 0.0950. The van der Waals surface area contributed by atoms with Crippen LogP contribution in [0.4, 0.5) is 0 Å². The third-order valence-electron chi connectivity index (χ3n) is 3.93. The van der Waals surface area contributed by atoms with E-state index >= 15 is 0 Å². The van der Waals surface area contributed by atoms with Crippen LogP contribution < -0.4 is 10.0 Å². The van der Waals surface area contributed by atoms with Crippen LogP contribution in [0.25, 0.3) is 0 Å². The van der Waals surface area contributed by atoms with Gasteiger partial charge in [0.1, 0.15) is 0 Å². The topological polar surface area (TPSA) is 89.4 Å². The monoisotopic (exact) mass is 365 g/mol. The molecule has 1 heterocycles. The molecule has 1 aromatic heterocycles. The van der Waals surface area contributed by atoms with E-state index in [1.54, 1.807) is 0 Å². The van der Waals surface area contributed by atoms with E-state index in [4.69, 9.17) is 4.74 Å². The van der Waals surface area contributed by atoms with E-state index < -0.39 is 10.0 Å². The lowest BCUT2D eigenvalue weighted by Gasteiger charge is -2.09. The number of aryl methyl sites for hydroxylation is 1. The Balaban J connectivity index is 1.99. The lowest BCUT2D eigenvalue weighted by Crippen LogP contribution is -2.27. The molecule has 1 aromatic carbocycles. The molecule has 0 fully saturated rings. The summed E-state index contributed by atoms with van der Waals surface area (Å²) >= 11 is 0. The molecule has 136 valence electrons. The van der Waals surface area contributed by atoms with Gasteiger partial charge < -0.3 is 14.6 Å². The minimum Gasteiger partial charge on any atom is -0.383 e. The van der Waals surface area contributed by atoms with Crippen molar-refractivity contribution in [2.45, 2.75) is 18.4 Å². The first-order valence-electron chi connectivity index (χ1n) is 7.83. The van der Waals surface area contributed by atoms with Crippen molar-refractivity contribution in [3.63, 3.8) is 0 Å². The number of nitrogens with zero attached hydrogens (tertiary/aromatic N) is 1. The summed E-state index contributed by atoms with van der Waals surface area (Å²) in [5, 5.41) is 2.83. The largest absolute Gasteiger partial charge is 0.383 e. The van der Waals surface area contributed by atoms with E-state index in [9.17, 15) is 13.2 Å². The molecule has 0 radical (unpaired) electrons. The summed E-state index contributed by atoms with van der Waals surface area (Å²) in [5.74, 6) is -0.254. The lowest BCUT2D eigenvalue weighted by atomic mass is 10.2. The van der Waals surface area contributed by atoms with Crippen LogP contribution in [0.1, 0.15) is 21.7 Å². The molecule has 0 atom stereocenters. The molecule has 0 aliphatic carbocycles. The Morgan fingerprint density at radius 3 is 2.40 bits per heavy atom. The minimum atomic E-state index is -3.60. The van der Waals surface area contributed by atoms with Crippen molar-refractivity contribution in [3.8, 4) is 0 Å². The molecule has 0 aliphatic heterocycles. The number of aromatic nitrogens is 1. The number of carbonyl (C=O) groups excluding carboxylic acids is 1. The van der Waals surface area contributed by atoms with Crippen LogP contribution in [0.2, 0.25) is 0 Å².